The second kappa shape index (κ2) is 5.63. The summed E-state index contributed by atoms with van der Waals surface area (Å²) < 4.78 is 43.1. The Morgan fingerprint density at radius 1 is 1.53 bits per heavy atom. The lowest BCUT2D eigenvalue weighted by molar-refractivity contribution is -0.158. The molecule has 0 aliphatic rings. The lowest BCUT2D eigenvalue weighted by Gasteiger charge is -2.20. The van der Waals surface area contributed by atoms with Gasteiger partial charge in [-0.05, 0) is 22.5 Å². The van der Waals surface area contributed by atoms with Gasteiger partial charge in [-0.1, -0.05) is 6.92 Å². The predicted molar refractivity (Wildman–Crippen MR) is 58.8 cm³/mol. The van der Waals surface area contributed by atoms with E-state index in [1.54, 1.807) is 6.92 Å². The van der Waals surface area contributed by atoms with E-state index in [0.29, 0.717) is 0 Å². The maximum Gasteiger partial charge on any atom is 0.409 e. The number of methoxy groups -OCH3 is 1. The largest absolute Gasteiger partial charge is 0.479 e. The minimum absolute atomic E-state index is 0.143. The molecule has 0 aromatic carbocycles. The van der Waals surface area contributed by atoms with Crippen LogP contribution in [0.25, 0.3) is 0 Å². The molecule has 8 heteroatoms. The fourth-order valence-electron chi connectivity index (χ4n) is 1.24. The molecule has 0 spiro atoms. The Balaban J connectivity index is 3.07. The summed E-state index contributed by atoms with van der Waals surface area (Å²) in [4.78, 5) is 7.52. The Labute approximate surface area is 105 Å². The van der Waals surface area contributed by atoms with Crippen molar-refractivity contribution in [2.75, 3.05) is 13.7 Å². The molecular formula is C9H11BrF3N3O. The number of hydrogen-bond acceptors (Lipinski definition) is 4. The molecule has 0 saturated carbocycles. The van der Waals surface area contributed by atoms with E-state index in [9.17, 15) is 13.2 Å². The first-order chi connectivity index (χ1) is 7.90. The summed E-state index contributed by atoms with van der Waals surface area (Å²) in [6.07, 6.45) is -3.37. The van der Waals surface area contributed by atoms with Gasteiger partial charge in [-0.25, -0.2) is 9.97 Å². The van der Waals surface area contributed by atoms with Crippen LogP contribution in [0.5, 0.6) is 5.88 Å². The summed E-state index contributed by atoms with van der Waals surface area (Å²) in [5, 5.41) is 2.31. The van der Waals surface area contributed by atoms with Crippen molar-refractivity contribution in [3.63, 3.8) is 0 Å². The number of rotatable bonds is 4. The van der Waals surface area contributed by atoms with E-state index in [1.165, 1.54) is 7.11 Å². The van der Waals surface area contributed by atoms with E-state index in [-0.39, 0.29) is 22.7 Å². The van der Waals surface area contributed by atoms with Crippen molar-refractivity contribution in [3.8, 4) is 5.88 Å². The monoisotopic (exact) mass is 313 g/mol. The number of ether oxygens (including phenoxy) is 1. The average Bonchev–Trinajstić information content (AvgIpc) is 2.24. The first-order valence-electron chi connectivity index (χ1n) is 4.76. The predicted octanol–water partition coefficient (Wildman–Crippen LogP) is 2.46. The number of halogens is 4. The van der Waals surface area contributed by atoms with Crippen LogP contribution in [0, 0.1) is 0 Å². The second-order valence-corrected chi connectivity index (χ2v) is 3.88. The van der Waals surface area contributed by atoms with Gasteiger partial charge in [-0.15, -0.1) is 0 Å². The third kappa shape index (κ3) is 3.53. The quantitative estimate of drug-likeness (QED) is 0.927. The third-order valence-electron chi connectivity index (χ3n) is 1.94. The molecular weight excluding hydrogens is 303 g/mol. The van der Waals surface area contributed by atoms with Gasteiger partial charge in [0, 0.05) is 0 Å². The van der Waals surface area contributed by atoms with Crippen molar-refractivity contribution in [1.29, 1.82) is 0 Å². The molecule has 1 atom stereocenters. The van der Waals surface area contributed by atoms with Gasteiger partial charge >= 0.3 is 6.18 Å². The van der Waals surface area contributed by atoms with E-state index >= 15 is 0 Å². The highest BCUT2D eigenvalue weighted by atomic mass is 79.9. The molecule has 1 rings (SSSR count). The van der Waals surface area contributed by atoms with E-state index < -0.39 is 12.2 Å². The molecule has 1 aromatic rings. The SMILES string of the molecule is CCNC(c1cnc(OC)c(Br)n1)C(F)(F)F. The van der Waals surface area contributed by atoms with Gasteiger partial charge < -0.3 is 10.1 Å². The molecule has 0 aliphatic heterocycles. The van der Waals surface area contributed by atoms with Crippen LogP contribution in [-0.2, 0) is 0 Å². The first-order valence-corrected chi connectivity index (χ1v) is 5.56. The van der Waals surface area contributed by atoms with Crippen LogP contribution < -0.4 is 10.1 Å². The normalized spacial score (nSPS) is 13.5. The molecule has 96 valence electrons. The summed E-state index contributed by atoms with van der Waals surface area (Å²) in [5.41, 5.74) is -0.202. The molecule has 0 radical (unpaired) electrons. The summed E-state index contributed by atoms with van der Waals surface area (Å²) in [6.45, 7) is 1.76. The molecule has 4 nitrogen and oxygen atoms in total. The minimum atomic E-state index is -4.42. The highest BCUT2D eigenvalue weighted by molar-refractivity contribution is 9.10. The maximum atomic E-state index is 12.7. The van der Waals surface area contributed by atoms with E-state index in [1.807, 2.05) is 0 Å². The van der Waals surface area contributed by atoms with E-state index in [2.05, 4.69) is 31.2 Å². The molecule has 1 N–H and O–H groups in total. The first kappa shape index (κ1) is 14.2. The van der Waals surface area contributed by atoms with E-state index in [4.69, 9.17) is 4.74 Å². The van der Waals surface area contributed by atoms with Gasteiger partial charge in [0.15, 0.2) is 4.60 Å². The zero-order chi connectivity index (χ0) is 13.1. The van der Waals surface area contributed by atoms with Gasteiger partial charge in [-0.3, -0.25) is 0 Å². The van der Waals surface area contributed by atoms with Crippen LogP contribution in [-0.4, -0.2) is 29.8 Å². The van der Waals surface area contributed by atoms with Crippen LogP contribution in [0.2, 0.25) is 0 Å². The van der Waals surface area contributed by atoms with Crippen molar-refractivity contribution < 1.29 is 17.9 Å². The van der Waals surface area contributed by atoms with Gasteiger partial charge in [0.2, 0.25) is 5.88 Å². The van der Waals surface area contributed by atoms with Crippen molar-refractivity contribution >= 4 is 15.9 Å². The lowest BCUT2D eigenvalue weighted by Crippen LogP contribution is -2.34. The Morgan fingerprint density at radius 3 is 2.59 bits per heavy atom. The number of nitrogens with zero attached hydrogens (tertiary/aromatic N) is 2. The van der Waals surface area contributed by atoms with Crippen LogP contribution >= 0.6 is 15.9 Å². The summed E-state index contributed by atoms with van der Waals surface area (Å²) in [5.74, 6) is 0.145. The molecule has 1 aromatic heterocycles. The molecule has 0 amide bonds. The van der Waals surface area contributed by atoms with E-state index in [0.717, 1.165) is 6.20 Å². The minimum Gasteiger partial charge on any atom is -0.479 e. The zero-order valence-corrected chi connectivity index (χ0v) is 10.8. The standard InChI is InChI=1S/C9H11BrF3N3O/c1-3-14-6(9(11,12)13)5-4-15-8(17-2)7(10)16-5/h4,6,14H,3H2,1-2H3. The lowest BCUT2D eigenvalue weighted by atomic mass is 10.2. The van der Waals surface area contributed by atoms with Gasteiger partial charge in [0.1, 0.15) is 6.04 Å². The Bertz CT molecular complexity index is 386. The number of aromatic nitrogens is 2. The van der Waals surface area contributed by atoms with Crippen LogP contribution in [0.3, 0.4) is 0 Å². The van der Waals surface area contributed by atoms with Crippen molar-refractivity contribution in [2.24, 2.45) is 0 Å². The van der Waals surface area contributed by atoms with Crippen molar-refractivity contribution in [3.05, 3.63) is 16.5 Å². The second-order valence-electron chi connectivity index (χ2n) is 3.13. The number of nitrogens with one attached hydrogen (secondary N) is 1. The van der Waals surface area contributed by atoms with Crippen LogP contribution in [0.1, 0.15) is 18.7 Å². The molecule has 1 unspecified atom stereocenters. The zero-order valence-electron chi connectivity index (χ0n) is 9.18. The summed E-state index contributed by atoms with van der Waals surface area (Å²) in [7, 11) is 1.36. The van der Waals surface area contributed by atoms with Crippen molar-refractivity contribution in [2.45, 2.75) is 19.1 Å². The summed E-state index contributed by atoms with van der Waals surface area (Å²) >= 11 is 3.00. The molecule has 0 saturated heterocycles. The van der Waals surface area contributed by atoms with Crippen LogP contribution in [0.15, 0.2) is 10.8 Å². The fourth-order valence-corrected chi connectivity index (χ4v) is 1.71. The molecule has 0 bridgehead atoms. The fraction of sp³-hybridized carbons (Fsp3) is 0.556. The number of alkyl halides is 3. The third-order valence-corrected chi connectivity index (χ3v) is 2.46. The molecule has 0 fully saturated rings. The highest BCUT2D eigenvalue weighted by Gasteiger charge is 2.41. The van der Waals surface area contributed by atoms with Crippen molar-refractivity contribution in [1.82, 2.24) is 15.3 Å². The van der Waals surface area contributed by atoms with Gasteiger partial charge in [-0.2, -0.15) is 13.2 Å². The Kier molecular flexibility index (Phi) is 4.70. The molecule has 0 aliphatic carbocycles. The summed E-state index contributed by atoms with van der Waals surface area (Å²) in [6, 6.07) is -1.83. The highest BCUT2D eigenvalue weighted by Crippen LogP contribution is 2.32. The molecule has 17 heavy (non-hydrogen) atoms. The Morgan fingerprint density at radius 2 is 2.18 bits per heavy atom. The maximum absolute atomic E-state index is 12.7. The van der Waals surface area contributed by atoms with Crippen LogP contribution in [0.4, 0.5) is 13.2 Å². The molecule has 1 heterocycles. The topological polar surface area (TPSA) is 47.0 Å². The van der Waals surface area contributed by atoms with Gasteiger partial charge in [0.05, 0.1) is 19.0 Å². The smallest absolute Gasteiger partial charge is 0.409 e. The average molecular weight is 314 g/mol. The van der Waals surface area contributed by atoms with Gasteiger partial charge in [0.25, 0.3) is 0 Å². The Hall–Kier alpha value is -0.890. The number of hydrogen-bond donors (Lipinski definition) is 1.